The molecule has 21 heavy (non-hydrogen) atoms. The number of hydrogen-bond donors (Lipinski definition) is 1. The first-order chi connectivity index (χ1) is 9.88. The van der Waals surface area contributed by atoms with Gasteiger partial charge >= 0.3 is 0 Å². The molecule has 5 nitrogen and oxygen atoms in total. The average molecular weight is 317 g/mol. The van der Waals surface area contributed by atoms with Crippen molar-refractivity contribution >= 4 is 10.0 Å². The summed E-state index contributed by atoms with van der Waals surface area (Å²) < 4.78 is 25.1. The van der Waals surface area contributed by atoms with E-state index in [1.54, 1.807) is 4.31 Å². The Labute approximate surface area is 130 Å². The third-order valence-corrected chi connectivity index (χ3v) is 6.54. The maximum atomic E-state index is 11.7. The highest BCUT2D eigenvalue weighted by atomic mass is 32.2. The highest BCUT2D eigenvalue weighted by Crippen LogP contribution is 2.24. The monoisotopic (exact) mass is 317 g/mol. The molecule has 6 heteroatoms. The van der Waals surface area contributed by atoms with Gasteiger partial charge in [0, 0.05) is 44.8 Å². The van der Waals surface area contributed by atoms with E-state index < -0.39 is 10.0 Å². The van der Waals surface area contributed by atoms with E-state index >= 15 is 0 Å². The van der Waals surface area contributed by atoms with Crippen molar-refractivity contribution in [1.82, 2.24) is 14.5 Å². The molecule has 1 atom stereocenters. The number of nitrogens with one attached hydrogen (secondary N) is 1. The fraction of sp³-hybridized carbons (Fsp3) is 1.00. The standard InChI is InChI=1S/C15H31N3O2S/c1-4-15(5-2)13-17(10-8-16-15)11-14-7-6-9-18(12-14)21(3,19)20/h14,16H,4-13H2,1-3H3. The van der Waals surface area contributed by atoms with E-state index in [0.717, 1.165) is 51.9 Å². The largest absolute Gasteiger partial charge is 0.309 e. The number of sulfonamides is 1. The minimum Gasteiger partial charge on any atom is -0.309 e. The molecule has 0 aromatic heterocycles. The lowest BCUT2D eigenvalue weighted by molar-refractivity contribution is 0.0956. The van der Waals surface area contributed by atoms with Gasteiger partial charge in [-0.3, -0.25) is 4.90 Å². The van der Waals surface area contributed by atoms with Crippen LogP contribution in [0, 0.1) is 5.92 Å². The van der Waals surface area contributed by atoms with Crippen molar-refractivity contribution in [2.24, 2.45) is 5.92 Å². The molecule has 0 saturated carbocycles. The Bertz CT molecular complexity index is 434. The maximum Gasteiger partial charge on any atom is 0.211 e. The van der Waals surface area contributed by atoms with Crippen molar-refractivity contribution in [3.63, 3.8) is 0 Å². The Balaban J connectivity index is 1.92. The SMILES string of the molecule is CCC1(CC)CN(CC2CCCN(S(C)(=O)=O)C2)CCN1. The molecule has 2 rings (SSSR count). The minimum atomic E-state index is -3.03. The molecule has 0 aromatic carbocycles. The number of hydrogen-bond acceptors (Lipinski definition) is 4. The molecule has 2 heterocycles. The lowest BCUT2D eigenvalue weighted by Gasteiger charge is -2.45. The van der Waals surface area contributed by atoms with Gasteiger partial charge in [0.15, 0.2) is 0 Å². The second kappa shape index (κ2) is 6.94. The predicted molar refractivity (Wildman–Crippen MR) is 86.9 cm³/mol. The minimum absolute atomic E-state index is 0.253. The van der Waals surface area contributed by atoms with E-state index in [1.807, 2.05) is 0 Å². The van der Waals surface area contributed by atoms with E-state index in [9.17, 15) is 8.42 Å². The van der Waals surface area contributed by atoms with Crippen LogP contribution in [0.2, 0.25) is 0 Å². The van der Waals surface area contributed by atoms with E-state index in [4.69, 9.17) is 0 Å². The van der Waals surface area contributed by atoms with Gasteiger partial charge in [0.1, 0.15) is 0 Å². The lowest BCUT2D eigenvalue weighted by Crippen LogP contribution is -2.60. The van der Waals surface area contributed by atoms with E-state index in [0.29, 0.717) is 19.0 Å². The van der Waals surface area contributed by atoms with Gasteiger partial charge in [-0.05, 0) is 31.6 Å². The van der Waals surface area contributed by atoms with Crippen LogP contribution in [0.15, 0.2) is 0 Å². The molecular formula is C15H31N3O2S. The van der Waals surface area contributed by atoms with Crippen LogP contribution in [-0.2, 0) is 10.0 Å². The van der Waals surface area contributed by atoms with Crippen molar-refractivity contribution in [2.75, 3.05) is 45.5 Å². The number of piperidine rings is 1. The molecule has 124 valence electrons. The molecule has 2 aliphatic rings. The molecule has 0 spiro atoms. The first-order valence-corrected chi connectivity index (χ1v) is 10.2. The van der Waals surface area contributed by atoms with Crippen LogP contribution in [0.25, 0.3) is 0 Å². The summed E-state index contributed by atoms with van der Waals surface area (Å²) in [7, 11) is -3.03. The summed E-state index contributed by atoms with van der Waals surface area (Å²) in [4.78, 5) is 2.54. The van der Waals surface area contributed by atoms with Crippen molar-refractivity contribution in [3.8, 4) is 0 Å². The van der Waals surface area contributed by atoms with Gasteiger partial charge in [0.2, 0.25) is 10.0 Å². The Kier molecular flexibility index (Phi) is 5.68. The van der Waals surface area contributed by atoms with Gasteiger partial charge in [-0.2, -0.15) is 0 Å². The smallest absolute Gasteiger partial charge is 0.211 e. The highest BCUT2D eigenvalue weighted by molar-refractivity contribution is 7.88. The molecule has 0 aliphatic carbocycles. The molecule has 0 amide bonds. The molecule has 2 aliphatic heterocycles. The summed E-state index contributed by atoms with van der Waals surface area (Å²) in [5.41, 5.74) is 0.253. The second-order valence-corrected chi connectivity index (χ2v) is 8.76. The molecule has 1 N–H and O–H groups in total. The molecule has 2 fully saturated rings. The third kappa shape index (κ3) is 4.41. The Morgan fingerprint density at radius 1 is 1.24 bits per heavy atom. The van der Waals surface area contributed by atoms with E-state index in [1.165, 1.54) is 6.26 Å². The number of piperazine rings is 1. The molecule has 0 radical (unpaired) electrons. The van der Waals surface area contributed by atoms with Gasteiger partial charge < -0.3 is 5.32 Å². The van der Waals surface area contributed by atoms with Crippen LogP contribution < -0.4 is 5.32 Å². The van der Waals surface area contributed by atoms with Crippen LogP contribution in [0.4, 0.5) is 0 Å². The highest BCUT2D eigenvalue weighted by Gasteiger charge is 2.34. The predicted octanol–water partition coefficient (Wildman–Crippen LogP) is 1.12. The fourth-order valence-corrected chi connectivity index (χ4v) is 4.71. The summed E-state index contributed by atoms with van der Waals surface area (Å²) >= 11 is 0. The summed E-state index contributed by atoms with van der Waals surface area (Å²) in [6.45, 7) is 10.2. The summed E-state index contributed by atoms with van der Waals surface area (Å²) in [6, 6.07) is 0. The molecule has 1 unspecified atom stereocenters. The summed E-state index contributed by atoms with van der Waals surface area (Å²) in [5.74, 6) is 0.484. The lowest BCUT2D eigenvalue weighted by atomic mass is 9.89. The zero-order valence-corrected chi connectivity index (χ0v) is 14.6. The van der Waals surface area contributed by atoms with Crippen molar-refractivity contribution in [1.29, 1.82) is 0 Å². The van der Waals surface area contributed by atoms with Gasteiger partial charge in [0.25, 0.3) is 0 Å². The van der Waals surface area contributed by atoms with E-state index in [-0.39, 0.29) is 5.54 Å². The van der Waals surface area contributed by atoms with Crippen molar-refractivity contribution < 1.29 is 8.42 Å². The molecular weight excluding hydrogens is 286 g/mol. The zero-order chi connectivity index (χ0) is 15.5. The summed E-state index contributed by atoms with van der Waals surface area (Å²) in [6.07, 6.45) is 5.79. The van der Waals surface area contributed by atoms with E-state index in [2.05, 4.69) is 24.1 Å². The van der Waals surface area contributed by atoms with Crippen LogP contribution in [0.1, 0.15) is 39.5 Å². The maximum absolute atomic E-state index is 11.7. The van der Waals surface area contributed by atoms with Crippen molar-refractivity contribution in [2.45, 2.75) is 45.1 Å². The fourth-order valence-electron chi connectivity index (χ4n) is 3.76. The normalized spacial score (nSPS) is 28.6. The number of rotatable bonds is 5. The quantitative estimate of drug-likeness (QED) is 0.826. The molecule has 2 saturated heterocycles. The first kappa shape index (κ1) is 17.2. The zero-order valence-electron chi connectivity index (χ0n) is 13.8. The van der Waals surface area contributed by atoms with Gasteiger partial charge in [-0.1, -0.05) is 13.8 Å². The van der Waals surface area contributed by atoms with Gasteiger partial charge in [-0.25, -0.2) is 12.7 Å². The number of nitrogens with zero attached hydrogens (tertiary/aromatic N) is 2. The third-order valence-electron chi connectivity index (χ3n) is 5.27. The Morgan fingerprint density at radius 3 is 2.57 bits per heavy atom. The van der Waals surface area contributed by atoms with Crippen LogP contribution in [0.5, 0.6) is 0 Å². The summed E-state index contributed by atoms with van der Waals surface area (Å²) in [5, 5.41) is 3.68. The van der Waals surface area contributed by atoms with Crippen molar-refractivity contribution in [3.05, 3.63) is 0 Å². The topological polar surface area (TPSA) is 52.7 Å². The molecule has 0 bridgehead atoms. The van der Waals surface area contributed by atoms with Crippen LogP contribution in [-0.4, -0.2) is 68.7 Å². The van der Waals surface area contributed by atoms with Gasteiger partial charge in [-0.15, -0.1) is 0 Å². The van der Waals surface area contributed by atoms with Crippen LogP contribution in [0.3, 0.4) is 0 Å². The Hall–Kier alpha value is -0.170. The van der Waals surface area contributed by atoms with Gasteiger partial charge in [0.05, 0.1) is 6.26 Å². The Morgan fingerprint density at radius 2 is 1.95 bits per heavy atom. The first-order valence-electron chi connectivity index (χ1n) is 8.31. The molecule has 0 aromatic rings. The average Bonchev–Trinajstić information content (AvgIpc) is 2.47. The second-order valence-electron chi connectivity index (χ2n) is 6.78. The van der Waals surface area contributed by atoms with Crippen LogP contribution >= 0.6 is 0 Å².